The highest BCUT2D eigenvalue weighted by Crippen LogP contribution is 2.32. The van der Waals surface area contributed by atoms with Gasteiger partial charge in [0, 0.05) is 12.1 Å². The molecule has 1 atom stereocenters. The molecule has 0 bridgehead atoms. The summed E-state index contributed by atoms with van der Waals surface area (Å²) in [6.07, 6.45) is 26.8. The molecule has 0 fully saturated rings. The predicted molar refractivity (Wildman–Crippen MR) is 203 cm³/mol. The fourth-order valence-corrected chi connectivity index (χ4v) is 6.78. The molecule has 264 valence electrons. The number of aromatic nitrogens is 3. The average molecular weight is 666 g/mol. The van der Waals surface area contributed by atoms with Crippen molar-refractivity contribution in [3.63, 3.8) is 0 Å². The Hall–Kier alpha value is -3.67. The molecule has 1 unspecified atom stereocenters. The maximum atomic E-state index is 6.63. The van der Waals surface area contributed by atoms with Crippen LogP contribution in [-0.4, -0.2) is 21.6 Å². The lowest BCUT2D eigenvalue weighted by Gasteiger charge is -2.18. The van der Waals surface area contributed by atoms with Gasteiger partial charge in [0.05, 0.1) is 6.61 Å². The number of hydrogen-bond donors (Lipinski definition) is 0. The van der Waals surface area contributed by atoms with Crippen molar-refractivity contribution in [2.75, 3.05) is 6.61 Å². The number of rotatable bonds is 25. The number of para-hydroxylation sites is 4. The molecule has 2 aromatic carbocycles. The van der Waals surface area contributed by atoms with Crippen LogP contribution in [0.25, 0.3) is 45.4 Å². The van der Waals surface area contributed by atoms with Crippen molar-refractivity contribution in [3.05, 3.63) is 60.7 Å². The largest absolute Gasteiger partial charge is 0.493 e. The topological polar surface area (TPSA) is 74.2 Å². The number of ether oxygens (including phenoxy) is 1. The number of hydrogen-bond acceptors (Lipinski definition) is 6. The molecule has 5 aromatic rings. The summed E-state index contributed by atoms with van der Waals surface area (Å²) >= 11 is 0. The van der Waals surface area contributed by atoms with Crippen molar-refractivity contribution in [3.8, 4) is 28.9 Å². The summed E-state index contributed by atoms with van der Waals surface area (Å²) in [5.74, 6) is 2.20. The predicted octanol–water partition coefficient (Wildman–Crippen LogP) is 13.5. The van der Waals surface area contributed by atoms with Crippen molar-refractivity contribution < 1.29 is 13.6 Å². The molecular formula is C43H59N3O3. The Labute approximate surface area is 294 Å². The van der Waals surface area contributed by atoms with E-state index >= 15 is 0 Å². The first-order valence-electron chi connectivity index (χ1n) is 19.6. The number of unbranched alkanes of at least 4 members (excludes halogenated alkanes) is 16. The van der Waals surface area contributed by atoms with Gasteiger partial charge in [-0.1, -0.05) is 154 Å². The molecule has 0 saturated heterocycles. The monoisotopic (exact) mass is 665 g/mol. The van der Waals surface area contributed by atoms with Crippen LogP contribution in [0.15, 0.2) is 69.5 Å². The maximum Gasteiger partial charge on any atom is 0.246 e. The summed E-state index contributed by atoms with van der Waals surface area (Å²) in [7, 11) is 0. The van der Waals surface area contributed by atoms with Crippen molar-refractivity contribution >= 4 is 22.2 Å². The zero-order valence-electron chi connectivity index (χ0n) is 30.3. The Balaban J connectivity index is 1.23. The number of oxazole rings is 2. The van der Waals surface area contributed by atoms with Crippen molar-refractivity contribution in [2.45, 2.75) is 142 Å². The van der Waals surface area contributed by atoms with Crippen LogP contribution in [0, 0.1) is 5.92 Å². The smallest absolute Gasteiger partial charge is 0.246 e. The second kappa shape index (κ2) is 20.8. The summed E-state index contributed by atoms with van der Waals surface area (Å²) in [6, 6.07) is 19.5. The Morgan fingerprint density at radius 2 is 0.918 bits per heavy atom. The maximum absolute atomic E-state index is 6.63. The summed E-state index contributed by atoms with van der Waals surface area (Å²) in [5.41, 5.74) is 4.29. The molecule has 3 aromatic heterocycles. The van der Waals surface area contributed by atoms with Gasteiger partial charge in [-0.3, -0.25) is 0 Å². The minimum absolute atomic E-state index is 0.463. The van der Waals surface area contributed by atoms with E-state index in [0.717, 1.165) is 27.9 Å². The van der Waals surface area contributed by atoms with Gasteiger partial charge < -0.3 is 13.6 Å². The Kier molecular flexibility index (Phi) is 15.5. The molecule has 5 rings (SSSR count). The lowest BCUT2D eigenvalue weighted by Crippen LogP contribution is -2.13. The highest BCUT2D eigenvalue weighted by atomic mass is 16.5. The third-order valence-corrected chi connectivity index (χ3v) is 9.74. The van der Waals surface area contributed by atoms with E-state index in [2.05, 4.69) is 13.8 Å². The summed E-state index contributed by atoms with van der Waals surface area (Å²) < 4.78 is 18.9. The van der Waals surface area contributed by atoms with E-state index in [9.17, 15) is 0 Å². The normalized spacial score (nSPS) is 12.3. The highest BCUT2D eigenvalue weighted by molar-refractivity contribution is 5.77. The standard InChI is InChI=1S/C43H59N3O3/c1-3-5-7-9-11-13-14-16-18-20-26-34(25-19-17-15-12-10-8-6-4-2)33-47-35-31-38(42-45-36-27-21-23-29-40(36)48-42)44-39(32-35)43-46-37-28-22-24-30-41(37)49-43/h21-24,27-32,34H,3-20,25-26,33H2,1-2H3. The Morgan fingerprint density at radius 1 is 0.510 bits per heavy atom. The molecule has 49 heavy (non-hydrogen) atoms. The fraction of sp³-hybridized carbons (Fsp3) is 0.558. The van der Waals surface area contributed by atoms with Crippen molar-refractivity contribution in [2.24, 2.45) is 5.92 Å². The molecule has 0 N–H and O–H groups in total. The van der Waals surface area contributed by atoms with Gasteiger partial charge in [0.2, 0.25) is 11.8 Å². The number of nitrogens with zero attached hydrogens (tertiary/aromatic N) is 3. The second-order valence-corrected chi connectivity index (χ2v) is 14.0. The molecule has 3 heterocycles. The molecule has 0 aliphatic carbocycles. The molecular weight excluding hydrogens is 606 g/mol. The Bertz CT molecular complexity index is 1480. The SMILES string of the molecule is CCCCCCCCCCCCC(CCCCCCCCCC)COc1cc(-c2nc3ccccc3o2)nc(-c2nc3ccccc3o2)c1. The van der Waals surface area contributed by atoms with Crippen LogP contribution in [0.4, 0.5) is 0 Å². The zero-order valence-corrected chi connectivity index (χ0v) is 30.3. The third kappa shape index (κ3) is 12.0. The van der Waals surface area contributed by atoms with Crippen LogP contribution in [0.1, 0.15) is 142 Å². The van der Waals surface area contributed by atoms with Crippen LogP contribution in [0.3, 0.4) is 0 Å². The fourth-order valence-electron chi connectivity index (χ4n) is 6.78. The second-order valence-electron chi connectivity index (χ2n) is 14.0. The lowest BCUT2D eigenvalue weighted by atomic mass is 9.94. The Morgan fingerprint density at radius 3 is 1.35 bits per heavy atom. The number of fused-ring (bicyclic) bond motifs is 2. The van der Waals surface area contributed by atoms with E-state index in [0.29, 0.717) is 35.7 Å². The number of benzene rings is 2. The minimum Gasteiger partial charge on any atom is -0.493 e. The van der Waals surface area contributed by atoms with Gasteiger partial charge in [-0.05, 0) is 43.0 Å². The van der Waals surface area contributed by atoms with E-state index in [1.807, 2.05) is 60.7 Å². The summed E-state index contributed by atoms with van der Waals surface area (Å²) in [6.45, 7) is 5.27. The van der Waals surface area contributed by atoms with E-state index in [1.54, 1.807) is 0 Å². The van der Waals surface area contributed by atoms with E-state index in [4.69, 9.17) is 28.5 Å². The molecule has 0 radical (unpaired) electrons. The average Bonchev–Trinajstić information content (AvgIpc) is 3.77. The van der Waals surface area contributed by atoms with Gasteiger partial charge in [0.15, 0.2) is 11.2 Å². The van der Waals surface area contributed by atoms with Crippen LogP contribution < -0.4 is 4.74 Å². The quantitative estimate of drug-likeness (QED) is 0.0578. The summed E-state index contributed by atoms with van der Waals surface area (Å²) in [5, 5.41) is 0. The van der Waals surface area contributed by atoms with Gasteiger partial charge in [-0.25, -0.2) is 15.0 Å². The first-order valence-corrected chi connectivity index (χ1v) is 19.6. The van der Waals surface area contributed by atoms with Gasteiger partial charge in [0.1, 0.15) is 28.2 Å². The minimum atomic E-state index is 0.463. The molecule has 0 aliphatic heterocycles. The van der Waals surface area contributed by atoms with Crippen LogP contribution in [-0.2, 0) is 0 Å². The first kappa shape index (κ1) is 36.6. The van der Waals surface area contributed by atoms with E-state index in [-0.39, 0.29) is 0 Å². The van der Waals surface area contributed by atoms with Crippen LogP contribution in [0.2, 0.25) is 0 Å². The molecule has 0 aliphatic rings. The molecule has 0 spiro atoms. The summed E-state index contributed by atoms with van der Waals surface area (Å²) in [4.78, 5) is 14.4. The molecule has 0 amide bonds. The third-order valence-electron chi connectivity index (χ3n) is 9.74. The lowest BCUT2D eigenvalue weighted by molar-refractivity contribution is 0.224. The highest BCUT2D eigenvalue weighted by Gasteiger charge is 2.18. The number of pyridine rings is 1. The molecule has 6 nitrogen and oxygen atoms in total. The van der Waals surface area contributed by atoms with Gasteiger partial charge >= 0.3 is 0 Å². The van der Waals surface area contributed by atoms with E-state index < -0.39 is 0 Å². The van der Waals surface area contributed by atoms with Crippen molar-refractivity contribution in [1.82, 2.24) is 15.0 Å². The molecule has 6 heteroatoms. The van der Waals surface area contributed by atoms with Gasteiger partial charge in [-0.2, -0.15) is 0 Å². The van der Waals surface area contributed by atoms with Gasteiger partial charge in [0.25, 0.3) is 0 Å². The van der Waals surface area contributed by atoms with Crippen LogP contribution in [0.5, 0.6) is 5.75 Å². The van der Waals surface area contributed by atoms with Crippen molar-refractivity contribution in [1.29, 1.82) is 0 Å². The molecule has 0 saturated carbocycles. The first-order chi connectivity index (χ1) is 24.2. The van der Waals surface area contributed by atoms with Crippen LogP contribution >= 0.6 is 0 Å². The van der Waals surface area contributed by atoms with E-state index in [1.165, 1.54) is 128 Å². The van der Waals surface area contributed by atoms with Gasteiger partial charge in [-0.15, -0.1) is 0 Å². The zero-order chi connectivity index (χ0) is 33.9.